The third kappa shape index (κ3) is 5.19. The maximum Gasteiger partial charge on any atom is 0.405 e. The van der Waals surface area contributed by atoms with Crippen molar-refractivity contribution >= 4 is 38.4 Å². The molecule has 3 N–H and O–H groups in total. The molecule has 2 amide bonds. The van der Waals surface area contributed by atoms with Gasteiger partial charge in [-0.15, -0.1) is 11.3 Å². The molecule has 4 rings (SSSR count). The summed E-state index contributed by atoms with van der Waals surface area (Å²) in [6.45, 7) is 3.87. The van der Waals surface area contributed by atoms with Crippen molar-refractivity contribution in [3.63, 3.8) is 0 Å². The molecule has 0 spiro atoms. The van der Waals surface area contributed by atoms with Gasteiger partial charge in [-0.25, -0.2) is 13.2 Å². The number of carboxylic acid groups (broad SMARTS) is 1. The van der Waals surface area contributed by atoms with E-state index in [2.05, 4.69) is 17.2 Å². The Balaban J connectivity index is 1.49. The molecular formula is C24H23N3O5S2. The highest BCUT2D eigenvalue weighted by molar-refractivity contribution is 7.89. The van der Waals surface area contributed by atoms with Crippen molar-refractivity contribution in [2.24, 2.45) is 0 Å². The fourth-order valence-corrected chi connectivity index (χ4v) is 6.38. The minimum atomic E-state index is -3.74. The van der Waals surface area contributed by atoms with Gasteiger partial charge >= 0.3 is 6.09 Å². The zero-order chi connectivity index (χ0) is 24.3. The average Bonchev–Trinajstić information content (AvgIpc) is 3.38. The topological polar surface area (TPSA) is 116 Å². The highest BCUT2D eigenvalue weighted by Crippen LogP contribution is 2.37. The van der Waals surface area contributed by atoms with Crippen LogP contribution in [0.4, 0.5) is 9.80 Å². The fourth-order valence-electron chi connectivity index (χ4n) is 3.82. The number of amides is 2. The number of anilines is 1. The number of thiophene rings is 1. The van der Waals surface area contributed by atoms with Crippen LogP contribution < -0.4 is 10.6 Å². The van der Waals surface area contributed by atoms with Gasteiger partial charge in [0.1, 0.15) is 0 Å². The predicted molar refractivity (Wildman–Crippen MR) is 130 cm³/mol. The van der Waals surface area contributed by atoms with E-state index in [4.69, 9.17) is 0 Å². The van der Waals surface area contributed by atoms with Crippen molar-refractivity contribution in [3.05, 3.63) is 94.9 Å². The minimum absolute atomic E-state index is 0.139. The van der Waals surface area contributed by atoms with E-state index in [0.29, 0.717) is 17.0 Å². The third-order valence-electron chi connectivity index (χ3n) is 5.50. The molecule has 0 radical (unpaired) electrons. The summed E-state index contributed by atoms with van der Waals surface area (Å²) in [5.41, 5.74) is 2.50. The molecule has 8 nitrogen and oxygen atoms in total. The van der Waals surface area contributed by atoms with Gasteiger partial charge in [-0.05, 0) is 47.4 Å². The molecule has 1 aromatic heterocycles. The summed E-state index contributed by atoms with van der Waals surface area (Å²) in [7, 11) is -3.74. The largest absolute Gasteiger partial charge is 0.465 e. The van der Waals surface area contributed by atoms with Crippen LogP contribution in [0.15, 0.2) is 78.2 Å². The van der Waals surface area contributed by atoms with Crippen molar-refractivity contribution in [2.45, 2.75) is 30.4 Å². The van der Waals surface area contributed by atoms with Gasteiger partial charge < -0.3 is 15.7 Å². The van der Waals surface area contributed by atoms with E-state index in [1.165, 1.54) is 33.9 Å². The van der Waals surface area contributed by atoms with E-state index in [1.807, 2.05) is 30.3 Å². The molecule has 1 aliphatic heterocycles. The van der Waals surface area contributed by atoms with Gasteiger partial charge in [0, 0.05) is 18.0 Å². The standard InChI is InChI=1S/C24H23N3O5S2/c1-2-22(28)26-23-13-18-14-27(15-21(18)33-23)34(31,32)19-10-8-17(9-11-19)20(25-24(29)30)12-16-6-4-3-5-7-16/h2-11,13,20,25H,1,12,14-15H2,(H,26,28)(H,29,30). The normalized spacial score (nSPS) is 14.2. The van der Waals surface area contributed by atoms with Crippen LogP contribution in [-0.4, -0.2) is 29.8 Å². The van der Waals surface area contributed by atoms with Gasteiger partial charge in [0.2, 0.25) is 15.9 Å². The molecule has 3 aromatic rings. The Bertz CT molecular complexity index is 1290. The highest BCUT2D eigenvalue weighted by atomic mass is 32.2. The van der Waals surface area contributed by atoms with Gasteiger partial charge in [0.25, 0.3) is 0 Å². The second kappa shape index (κ2) is 9.80. The molecule has 1 aliphatic rings. The monoisotopic (exact) mass is 497 g/mol. The van der Waals surface area contributed by atoms with Gasteiger partial charge in [-0.3, -0.25) is 4.79 Å². The van der Waals surface area contributed by atoms with E-state index in [9.17, 15) is 23.1 Å². The van der Waals surface area contributed by atoms with E-state index < -0.39 is 22.2 Å². The van der Waals surface area contributed by atoms with Crippen molar-refractivity contribution in [1.82, 2.24) is 9.62 Å². The number of benzene rings is 2. The third-order valence-corrected chi connectivity index (χ3v) is 8.38. The van der Waals surface area contributed by atoms with Crippen LogP contribution in [0.5, 0.6) is 0 Å². The van der Waals surface area contributed by atoms with E-state index in [1.54, 1.807) is 18.2 Å². The minimum Gasteiger partial charge on any atom is -0.465 e. The molecule has 2 aromatic carbocycles. The number of nitrogens with one attached hydrogen (secondary N) is 2. The summed E-state index contributed by atoms with van der Waals surface area (Å²) in [4.78, 5) is 23.8. The lowest BCUT2D eigenvalue weighted by Gasteiger charge is -2.19. The molecule has 0 bridgehead atoms. The Labute approximate surface area is 201 Å². The molecular weight excluding hydrogens is 474 g/mol. The quantitative estimate of drug-likeness (QED) is 0.405. The summed E-state index contributed by atoms with van der Waals surface area (Å²) < 4.78 is 27.8. The molecule has 176 valence electrons. The van der Waals surface area contributed by atoms with Crippen molar-refractivity contribution in [3.8, 4) is 0 Å². The molecule has 1 unspecified atom stereocenters. The number of rotatable bonds is 8. The van der Waals surface area contributed by atoms with Crippen LogP contribution in [0.25, 0.3) is 0 Å². The zero-order valence-electron chi connectivity index (χ0n) is 18.1. The summed E-state index contributed by atoms with van der Waals surface area (Å²) in [5.74, 6) is -0.313. The Morgan fingerprint density at radius 1 is 1.12 bits per heavy atom. The lowest BCUT2D eigenvalue weighted by atomic mass is 9.99. The summed E-state index contributed by atoms with van der Waals surface area (Å²) in [5, 5.41) is 15.1. The van der Waals surface area contributed by atoms with Crippen molar-refractivity contribution < 1.29 is 23.1 Å². The van der Waals surface area contributed by atoms with E-state index in [0.717, 1.165) is 16.0 Å². The van der Waals surface area contributed by atoms with Gasteiger partial charge in [0.15, 0.2) is 0 Å². The lowest BCUT2D eigenvalue weighted by Crippen LogP contribution is -2.28. The van der Waals surface area contributed by atoms with E-state index >= 15 is 0 Å². The van der Waals surface area contributed by atoms with Gasteiger partial charge in [-0.1, -0.05) is 49.0 Å². The molecule has 0 aliphatic carbocycles. The van der Waals surface area contributed by atoms with Crippen molar-refractivity contribution in [1.29, 1.82) is 0 Å². The first-order valence-electron chi connectivity index (χ1n) is 10.4. The molecule has 2 heterocycles. The highest BCUT2D eigenvalue weighted by Gasteiger charge is 2.32. The van der Waals surface area contributed by atoms with Crippen molar-refractivity contribution in [2.75, 3.05) is 5.32 Å². The number of sulfonamides is 1. The smallest absolute Gasteiger partial charge is 0.405 e. The van der Waals surface area contributed by atoms with Crippen LogP contribution in [0, 0.1) is 0 Å². The first kappa shape index (κ1) is 23.7. The number of nitrogens with zero attached hydrogens (tertiary/aromatic N) is 1. The molecule has 34 heavy (non-hydrogen) atoms. The molecule has 10 heteroatoms. The van der Waals surface area contributed by atoms with Crippen LogP contribution in [-0.2, 0) is 34.3 Å². The number of fused-ring (bicyclic) bond motifs is 1. The SMILES string of the molecule is C=CC(=O)Nc1cc2c(s1)CN(S(=O)(=O)c1ccc(C(Cc3ccccc3)NC(=O)O)cc1)C2. The number of carbonyl (C=O) groups is 2. The summed E-state index contributed by atoms with van der Waals surface area (Å²) >= 11 is 1.34. The Kier molecular flexibility index (Phi) is 6.82. The number of carbonyl (C=O) groups excluding carboxylic acids is 1. The first-order valence-corrected chi connectivity index (χ1v) is 12.7. The molecule has 0 saturated heterocycles. The van der Waals surface area contributed by atoms with Crippen LogP contribution in [0.3, 0.4) is 0 Å². The van der Waals surface area contributed by atoms with Gasteiger partial charge in [0.05, 0.1) is 15.9 Å². The first-order chi connectivity index (χ1) is 16.3. The molecule has 1 atom stereocenters. The van der Waals surface area contributed by atoms with E-state index in [-0.39, 0.29) is 23.9 Å². The zero-order valence-corrected chi connectivity index (χ0v) is 19.7. The predicted octanol–water partition coefficient (Wildman–Crippen LogP) is 4.13. The lowest BCUT2D eigenvalue weighted by molar-refractivity contribution is -0.111. The maximum atomic E-state index is 13.2. The summed E-state index contributed by atoms with van der Waals surface area (Å²) in [6, 6.07) is 17.1. The number of hydrogen-bond donors (Lipinski definition) is 3. The Morgan fingerprint density at radius 3 is 2.44 bits per heavy atom. The second-order valence-corrected chi connectivity index (χ2v) is 10.9. The number of hydrogen-bond acceptors (Lipinski definition) is 5. The maximum absolute atomic E-state index is 13.2. The fraction of sp³-hybridized carbons (Fsp3) is 0.167. The van der Waals surface area contributed by atoms with Crippen LogP contribution in [0.1, 0.15) is 27.6 Å². The van der Waals surface area contributed by atoms with Crippen LogP contribution in [0.2, 0.25) is 0 Å². The Hall–Kier alpha value is -3.47. The second-order valence-electron chi connectivity index (χ2n) is 7.79. The van der Waals surface area contributed by atoms with Gasteiger partial charge in [-0.2, -0.15) is 4.31 Å². The molecule has 0 saturated carbocycles. The summed E-state index contributed by atoms with van der Waals surface area (Å²) in [6.07, 6.45) is 0.474. The molecule has 0 fully saturated rings. The van der Waals surface area contributed by atoms with Crippen LogP contribution >= 0.6 is 11.3 Å². The average molecular weight is 498 g/mol. The Morgan fingerprint density at radius 2 is 1.82 bits per heavy atom.